The molecule has 1 amide bonds. The van der Waals surface area contributed by atoms with E-state index in [-0.39, 0.29) is 17.7 Å². The molecule has 3 nitrogen and oxygen atoms in total. The zero-order valence-corrected chi connectivity index (χ0v) is 13.1. The van der Waals surface area contributed by atoms with Gasteiger partial charge in [-0.25, -0.2) is 0 Å². The maximum Gasteiger partial charge on any atom is 0.222 e. The highest BCUT2D eigenvalue weighted by Crippen LogP contribution is 2.30. The van der Waals surface area contributed by atoms with Crippen LogP contribution in [0.15, 0.2) is 60.7 Å². The Bertz CT molecular complexity index is 581. The molecule has 0 aliphatic carbocycles. The largest absolute Gasteiger partial charge is 0.388 e. The Morgan fingerprint density at radius 1 is 0.955 bits per heavy atom. The summed E-state index contributed by atoms with van der Waals surface area (Å²) >= 11 is 0. The summed E-state index contributed by atoms with van der Waals surface area (Å²) in [5, 5.41) is 13.7. The van der Waals surface area contributed by atoms with Crippen molar-refractivity contribution in [1.29, 1.82) is 0 Å². The van der Waals surface area contributed by atoms with Crippen molar-refractivity contribution in [2.24, 2.45) is 5.92 Å². The molecule has 0 aliphatic rings. The highest BCUT2D eigenvalue weighted by atomic mass is 16.3. The van der Waals surface area contributed by atoms with Gasteiger partial charge in [-0.05, 0) is 11.1 Å². The Balaban J connectivity index is 2.20. The lowest BCUT2D eigenvalue weighted by Crippen LogP contribution is -2.33. The van der Waals surface area contributed by atoms with E-state index in [1.165, 1.54) is 0 Å². The smallest absolute Gasteiger partial charge is 0.222 e. The predicted molar refractivity (Wildman–Crippen MR) is 88.4 cm³/mol. The average Bonchev–Trinajstić information content (AvgIpc) is 2.56. The van der Waals surface area contributed by atoms with Gasteiger partial charge in [0.05, 0.1) is 6.10 Å². The summed E-state index contributed by atoms with van der Waals surface area (Å²) < 4.78 is 0. The van der Waals surface area contributed by atoms with Crippen LogP contribution < -0.4 is 5.32 Å². The zero-order valence-electron chi connectivity index (χ0n) is 13.1. The molecule has 0 radical (unpaired) electrons. The van der Waals surface area contributed by atoms with Gasteiger partial charge >= 0.3 is 0 Å². The molecule has 1 unspecified atom stereocenters. The maximum atomic E-state index is 11.8. The Morgan fingerprint density at radius 3 is 1.95 bits per heavy atom. The summed E-state index contributed by atoms with van der Waals surface area (Å²) in [5.41, 5.74) is 1.87. The molecular formula is C19H23NO2. The summed E-state index contributed by atoms with van der Waals surface area (Å²) in [7, 11) is 0. The third-order valence-corrected chi connectivity index (χ3v) is 3.77. The van der Waals surface area contributed by atoms with Crippen LogP contribution in [0.4, 0.5) is 0 Å². The van der Waals surface area contributed by atoms with Crippen LogP contribution in [0.1, 0.15) is 37.0 Å². The molecule has 2 atom stereocenters. The number of carbonyl (C=O) groups excluding carboxylic acids is 1. The van der Waals surface area contributed by atoms with Crippen molar-refractivity contribution in [3.63, 3.8) is 0 Å². The fourth-order valence-electron chi connectivity index (χ4n) is 2.41. The number of carbonyl (C=O) groups is 1. The van der Waals surface area contributed by atoms with E-state index < -0.39 is 6.10 Å². The van der Waals surface area contributed by atoms with E-state index in [4.69, 9.17) is 0 Å². The monoisotopic (exact) mass is 297 g/mol. The lowest BCUT2D eigenvalue weighted by molar-refractivity contribution is -0.124. The number of hydrogen-bond acceptors (Lipinski definition) is 2. The van der Waals surface area contributed by atoms with Crippen molar-refractivity contribution in [1.82, 2.24) is 5.32 Å². The molecule has 0 saturated carbocycles. The SMILES string of the molecule is CC(C)C(=O)NC[C@H](c1ccccc1)C(O)c1ccccc1. The fraction of sp³-hybridized carbons (Fsp3) is 0.316. The summed E-state index contributed by atoms with van der Waals surface area (Å²) in [6.45, 7) is 4.14. The van der Waals surface area contributed by atoms with Crippen molar-refractivity contribution in [3.8, 4) is 0 Å². The first-order valence-corrected chi connectivity index (χ1v) is 7.65. The summed E-state index contributed by atoms with van der Waals surface area (Å²) in [4.78, 5) is 11.8. The highest BCUT2D eigenvalue weighted by Gasteiger charge is 2.23. The van der Waals surface area contributed by atoms with E-state index >= 15 is 0 Å². The summed E-state index contributed by atoms with van der Waals surface area (Å²) in [5.74, 6) is -0.238. The number of benzene rings is 2. The first-order chi connectivity index (χ1) is 10.6. The van der Waals surface area contributed by atoms with Crippen LogP contribution in [-0.4, -0.2) is 17.6 Å². The minimum atomic E-state index is -0.656. The van der Waals surface area contributed by atoms with E-state index in [9.17, 15) is 9.90 Å². The van der Waals surface area contributed by atoms with E-state index in [1.807, 2.05) is 74.5 Å². The second-order valence-corrected chi connectivity index (χ2v) is 5.77. The first-order valence-electron chi connectivity index (χ1n) is 7.65. The molecule has 2 aromatic rings. The van der Waals surface area contributed by atoms with Crippen molar-refractivity contribution >= 4 is 5.91 Å². The lowest BCUT2D eigenvalue weighted by atomic mass is 9.89. The second kappa shape index (κ2) is 7.76. The van der Waals surface area contributed by atoms with Gasteiger partial charge in [-0.15, -0.1) is 0 Å². The van der Waals surface area contributed by atoms with Gasteiger partial charge in [0.1, 0.15) is 0 Å². The second-order valence-electron chi connectivity index (χ2n) is 5.77. The van der Waals surface area contributed by atoms with Crippen LogP contribution in [0.5, 0.6) is 0 Å². The molecule has 3 heteroatoms. The molecule has 0 spiro atoms. The Hall–Kier alpha value is -2.13. The number of hydrogen-bond donors (Lipinski definition) is 2. The molecule has 22 heavy (non-hydrogen) atoms. The lowest BCUT2D eigenvalue weighted by Gasteiger charge is -2.24. The van der Waals surface area contributed by atoms with Gasteiger partial charge in [-0.2, -0.15) is 0 Å². The molecule has 0 aromatic heterocycles. The molecule has 0 bridgehead atoms. The van der Waals surface area contributed by atoms with Gasteiger partial charge in [0, 0.05) is 18.4 Å². The molecular weight excluding hydrogens is 274 g/mol. The average molecular weight is 297 g/mol. The van der Waals surface area contributed by atoms with Gasteiger partial charge in [-0.1, -0.05) is 74.5 Å². The Morgan fingerprint density at radius 2 is 1.45 bits per heavy atom. The van der Waals surface area contributed by atoms with Crippen molar-refractivity contribution in [2.75, 3.05) is 6.54 Å². The Kier molecular flexibility index (Phi) is 5.73. The summed E-state index contributed by atoms with van der Waals surface area (Å²) in [6, 6.07) is 19.4. The highest BCUT2D eigenvalue weighted by molar-refractivity contribution is 5.77. The van der Waals surface area contributed by atoms with E-state index in [0.29, 0.717) is 6.54 Å². The molecule has 0 heterocycles. The van der Waals surface area contributed by atoms with Gasteiger partial charge in [0.2, 0.25) is 5.91 Å². The van der Waals surface area contributed by atoms with E-state index in [0.717, 1.165) is 11.1 Å². The number of aliphatic hydroxyl groups is 1. The molecule has 2 N–H and O–H groups in total. The van der Waals surface area contributed by atoms with E-state index in [1.54, 1.807) is 0 Å². The topological polar surface area (TPSA) is 49.3 Å². The number of aliphatic hydroxyl groups excluding tert-OH is 1. The molecule has 2 aromatic carbocycles. The number of rotatable bonds is 6. The summed E-state index contributed by atoms with van der Waals surface area (Å²) in [6.07, 6.45) is -0.656. The first kappa shape index (κ1) is 16.2. The van der Waals surface area contributed by atoms with Crippen molar-refractivity contribution in [3.05, 3.63) is 71.8 Å². The molecule has 0 aliphatic heterocycles. The molecule has 2 rings (SSSR count). The van der Waals surface area contributed by atoms with Gasteiger partial charge < -0.3 is 10.4 Å². The van der Waals surface area contributed by atoms with Gasteiger partial charge in [-0.3, -0.25) is 4.79 Å². The third-order valence-electron chi connectivity index (χ3n) is 3.77. The van der Waals surface area contributed by atoms with Crippen LogP contribution in [0, 0.1) is 5.92 Å². The normalized spacial score (nSPS) is 13.6. The predicted octanol–water partition coefficient (Wildman–Crippen LogP) is 3.28. The minimum absolute atomic E-state index is 0.00110. The molecule has 0 saturated heterocycles. The standard InChI is InChI=1S/C19H23NO2/c1-14(2)19(22)20-13-17(15-9-5-3-6-10-15)18(21)16-11-7-4-8-12-16/h3-12,14,17-18,21H,13H2,1-2H3,(H,20,22)/t17-,18?/m1/s1. The minimum Gasteiger partial charge on any atom is -0.388 e. The molecule has 116 valence electrons. The quantitative estimate of drug-likeness (QED) is 0.859. The van der Waals surface area contributed by atoms with Crippen LogP contribution in [-0.2, 0) is 4.79 Å². The van der Waals surface area contributed by atoms with Crippen LogP contribution >= 0.6 is 0 Å². The maximum absolute atomic E-state index is 11.8. The zero-order chi connectivity index (χ0) is 15.9. The number of nitrogens with one attached hydrogen (secondary N) is 1. The fourth-order valence-corrected chi connectivity index (χ4v) is 2.41. The van der Waals surface area contributed by atoms with Gasteiger partial charge in [0.25, 0.3) is 0 Å². The van der Waals surface area contributed by atoms with Crippen molar-refractivity contribution < 1.29 is 9.90 Å². The van der Waals surface area contributed by atoms with E-state index in [2.05, 4.69) is 5.32 Å². The Labute approximate surface area is 132 Å². The molecule has 0 fully saturated rings. The van der Waals surface area contributed by atoms with Crippen LogP contribution in [0.25, 0.3) is 0 Å². The van der Waals surface area contributed by atoms with Crippen molar-refractivity contribution in [2.45, 2.75) is 25.9 Å². The third kappa shape index (κ3) is 4.18. The van der Waals surface area contributed by atoms with Gasteiger partial charge in [0.15, 0.2) is 0 Å². The van der Waals surface area contributed by atoms with Crippen LogP contribution in [0.2, 0.25) is 0 Å². The van der Waals surface area contributed by atoms with Crippen LogP contribution in [0.3, 0.4) is 0 Å². The number of amides is 1.